The van der Waals surface area contributed by atoms with Gasteiger partial charge in [0, 0.05) is 0 Å². The molecule has 2 aromatic rings. The lowest BCUT2D eigenvalue weighted by Gasteiger charge is -2.06. The van der Waals surface area contributed by atoms with Crippen LogP contribution >= 0.6 is 11.6 Å². The van der Waals surface area contributed by atoms with Gasteiger partial charge >= 0.3 is 11.8 Å². The third-order valence-corrected chi connectivity index (χ3v) is 2.55. The summed E-state index contributed by atoms with van der Waals surface area (Å²) in [6.07, 6.45) is 0.0269. The van der Waals surface area contributed by atoms with E-state index in [4.69, 9.17) is 16.3 Å². The number of halogens is 1. The van der Waals surface area contributed by atoms with Crippen LogP contribution in [0.3, 0.4) is 0 Å². The third kappa shape index (κ3) is 4.11. The van der Waals surface area contributed by atoms with Crippen molar-refractivity contribution in [2.24, 2.45) is 0 Å². The number of benzene rings is 1. The maximum Gasteiger partial charge on any atom is 0.413 e. The van der Waals surface area contributed by atoms with Crippen LogP contribution in [0.4, 0.5) is 16.3 Å². The molecule has 0 unspecified atom stereocenters. The Kier molecular flexibility index (Phi) is 4.62. The molecule has 1 aromatic heterocycles. The Morgan fingerprint density at radius 3 is 2.76 bits per heavy atom. The van der Waals surface area contributed by atoms with Crippen molar-refractivity contribution in [3.05, 3.63) is 57.5 Å². The van der Waals surface area contributed by atoms with Crippen molar-refractivity contribution in [3.63, 3.8) is 0 Å². The Labute approximate surface area is 123 Å². The molecule has 1 N–H and O–H groups in total. The van der Waals surface area contributed by atoms with Crippen molar-refractivity contribution in [1.29, 1.82) is 0 Å². The summed E-state index contributed by atoms with van der Waals surface area (Å²) in [5.74, 6) is -0.321. The van der Waals surface area contributed by atoms with E-state index in [2.05, 4.69) is 15.3 Å². The molecular weight excluding hydrogens is 300 g/mol. The molecule has 0 spiro atoms. The minimum absolute atomic E-state index is 0.0271. The number of nitrogens with one attached hydrogen (secondary N) is 1. The monoisotopic (exact) mass is 308 g/mol. The third-order valence-electron chi connectivity index (χ3n) is 2.37. The number of carbonyl (C=O) groups is 1. The second kappa shape index (κ2) is 6.62. The van der Waals surface area contributed by atoms with Crippen molar-refractivity contribution in [1.82, 2.24) is 9.97 Å². The van der Waals surface area contributed by atoms with Crippen molar-refractivity contribution < 1.29 is 14.5 Å². The first kappa shape index (κ1) is 14.7. The number of nitro groups is 1. The summed E-state index contributed by atoms with van der Waals surface area (Å²) in [4.78, 5) is 28.7. The number of carbonyl (C=O) groups excluding carboxylic acids is 1. The van der Waals surface area contributed by atoms with Gasteiger partial charge in [-0.1, -0.05) is 30.3 Å². The highest BCUT2D eigenvalue weighted by Gasteiger charge is 2.19. The van der Waals surface area contributed by atoms with Crippen molar-refractivity contribution in [2.75, 3.05) is 5.32 Å². The lowest BCUT2D eigenvalue weighted by Crippen LogP contribution is -2.16. The van der Waals surface area contributed by atoms with E-state index < -0.39 is 16.7 Å². The molecule has 9 heteroatoms. The second-order valence-corrected chi connectivity index (χ2v) is 4.15. The fourth-order valence-electron chi connectivity index (χ4n) is 1.44. The van der Waals surface area contributed by atoms with Crippen LogP contribution < -0.4 is 5.32 Å². The fraction of sp³-hybridized carbons (Fsp3) is 0.0833. The largest absolute Gasteiger partial charge is 0.444 e. The van der Waals surface area contributed by atoms with E-state index in [1.54, 1.807) is 24.3 Å². The zero-order valence-electron chi connectivity index (χ0n) is 10.5. The highest BCUT2D eigenvalue weighted by molar-refractivity contribution is 6.28. The van der Waals surface area contributed by atoms with Gasteiger partial charge in [-0.05, 0) is 17.2 Å². The number of hydrogen-bond acceptors (Lipinski definition) is 6. The molecule has 0 aliphatic rings. The number of amides is 1. The van der Waals surface area contributed by atoms with Crippen LogP contribution in [0.15, 0.2) is 36.5 Å². The number of ether oxygens (including phenoxy) is 1. The molecular formula is C12H9ClN4O4. The Hall–Kier alpha value is -2.74. The summed E-state index contributed by atoms with van der Waals surface area (Å²) < 4.78 is 4.93. The van der Waals surface area contributed by atoms with Gasteiger partial charge in [-0.15, -0.1) is 0 Å². The van der Waals surface area contributed by atoms with Crippen LogP contribution in [0.1, 0.15) is 5.56 Å². The number of nitrogens with zero attached hydrogens (tertiary/aromatic N) is 3. The van der Waals surface area contributed by atoms with Gasteiger partial charge < -0.3 is 4.74 Å². The van der Waals surface area contributed by atoms with Crippen LogP contribution in [0.2, 0.25) is 5.28 Å². The minimum atomic E-state index is -0.878. The first-order valence-electron chi connectivity index (χ1n) is 5.71. The predicted octanol–water partition coefficient (Wildman–Crippen LogP) is 2.79. The molecule has 0 aliphatic carbocycles. The molecule has 1 heterocycles. The average Bonchev–Trinajstić information content (AvgIpc) is 2.46. The molecule has 1 amide bonds. The summed E-state index contributed by atoms with van der Waals surface area (Å²) in [6.45, 7) is 0.0271. The van der Waals surface area contributed by atoms with E-state index in [0.29, 0.717) is 0 Å². The van der Waals surface area contributed by atoms with Crippen molar-refractivity contribution in [3.8, 4) is 0 Å². The zero-order chi connectivity index (χ0) is 15.2. The summed E-state index contributed by atoms with van der Waals surface area (Å²) >= 11 is 5.54. The van der Waals surface area contributed by atoms with E-state index in [1.807, 2.05) is 6.07 Å². The van der Waals surface area contributed by atoms with Crippen molar-refractivity contribution >= 4 is 29.2 Å². The van der Waals surface area contributed by atoms with Crippen LogP contribution in [-0.2, 0) is 11.3 Å². The summed E-state index contributed by atoms with van der Waals surface area (Å²) in [5, 5.41) is 12.7. The Bertz CT molecular complexity index is 666. The van der Waals surface area contributed by atoms with Gasteiger partial charge in [0.05, 0.1) is 4.92 Å². The second-order valence-electron chi connectivity index (χ2n) is 3.82. The molecule has 21 heavy (non-hydrogen) atoms. The average molecular weight is 309 g/mol. The smallest absolute Gasteiger partial charge is 0.413 e. The highest BCUT2D eigenvalue weighted by Crippen LogP contribution is 2.22. The molecule has 0 fully saturated rings. The Morgan fingerprint density at radius 1 is 1.38 bits per heavy atom. The van der Waals surface area contributed by atoms with Gasteiger partial charge in [-0.25, -0.2) is 9.78 Å². The lowest BCUT2D eigenvalue weighted by molar-refractivity contribution is -0.384. The molecule has 0 radical (unpaired) electrons. The van der Waals surface area contributed by atoms with Gasteiger partial charge in [0.2, 0.25) is 11.1 Å². The van der Waals surface area contributed by atoms with E-state index in [9.17, 15) is 14.9 Å². The number of rotatable bonds is 4. The molecule has 0 saturated carbocycles. The normalized spacial score (nSPS) is 9.95. The Balaban J connectivity index is 2.02. The van der Waals surface area contributed by atoms with Gasteiger partial charge in [-0.2, -0.15) is 4.98 Å². The first-order valence-corrected chi connectivity index (χ1v) is 6.08. The van der Waals surface area contributed by atoms with E-state index in [-0.39, 0.29) is 17.7 Å². The van der Waals surface area contributed by atoms with Crippen molar-refractivity contribution in [2.45, 2.75) is 6.61 Å². The maximum atomic E-state index is 11.6. The highest BCUT2D eigenvalue weighted by atomic mass is 35.5. The van der Waals surface area contributed by atoms with Crippen LogP contribution in [0.25, 0.3) is 0 Å². The molecule has 8 nitrogen and oxygen atoms in total. The molecule has 0 saturated heterocycles. The summed E-state index contributed by atoms with van der Waals surface area (Å²) in [5.41, 5.74) is 0.305. The molecule has 1 aromatic carbocycles. The lowest BCUT2D eigenvalue weighted by atomic mass is 10.2. The fourth-order valence-corrected chi connectivity index (χ4v) is 1.57. The number of hydrogen-bond donors (Lipinski definition) is 1. The van der Waals surface area contributed by atoms with Gasteiger partial charge in [0.1, 0.15) is 12.8 Å². The number of anilines is 1. The van der Waals surface area contributed by atoms with E-state index in [0.717, 1.165) is 11.8 Å². The zero-order valence-corrected chi connectivity index (χ0v) is 11.3. The van der Waals surface area contributed by atoms with Gasteiger partial charge in [-0.3, -0.25) is 15.4 Å². The van der Waals surface area contributed by atoms with E-state index >= 15 is 0 Å². The standard InChI is InChI=1S/C12H9ClN4O4/c13-11-14-6-9(17(19)20)10(15-11)16-12(18)21-7-8-4-2-1-3-5-8/h1-6H,7H2,(H,14,15,16,18). The van der Waals surface area contributed by atoms with Crippen LogP contribution in [0, 0.1) is 10.1 Å². The van der Waals surface area contributed by atoms with Crippen LogP contribution in [0.5, 0.6) is 0 Å². The Morgan fingerprint density at radius 2 is 2.10 bits per heavy atom. The van der Waals surface area contributed by atoms with Crippen LogP contribution in [-0.4, -0.2) is 21.0 Å². The summed E-state index contributed by atoms with van der Waals surface area (Å²) in [7, 11) is 0. The topological polar surface area (TPSA) is 107 Å². The molecule has 0 atom stereocenters. The predicted molar refractivity (Wildman–Crippen MR) is 73.9 cm³/mol. The molecule has 108 valence electrons. The molecule has 2 rings (SSSR count). The number of aromatic nitrogens is 2. The molecule has 0 aliphatic heterocycles. The van der Waals surface area contributed by atoms with Gasteiger partial charge in [0.15, 0.2) is 0 Å². The first-order chi connectivity index (χ1) is 10.1. The SMILES string of the molecule is O=C(Nc1nc(Cl)ncc1[N+](=O)[O-])OCc1ccccc1. The summed E-state index contributed by atoms with van der Waals surface area (Å²) in [6, 6.07) is 8.97. The maximum absolute atomic E-state index is 11.6. The van der Waals surface area contributed by atoms with E-state index in [1.165, 1.54) is 0 Å². The minimum Gasteiger partial charge on any atom is -0.444 e. The van der Waals surface area contributed by atoms with Gasteiger partial charge in [0.25, 0.3) is 0 Å². The molecule has 0 bridgehead atoms. The quantitative estimate of drug-likeness (QED) is 0.528.